The molecule has 2 N–H and O–H groups in total. The van der Waals surface area contributed by atoms with Crippen LogP contribution < -0.4 is 10.6 Å². The van der Waals surface area contributed by atoms with E-state index in [-0.39, 0.29) is 19.3 Å². The quantitative estimate of drug-likeness (QED) is 0.142. The smallest absolute Gasteiger partial charge is 0.337 e. The monoisotopic (exact) mass is 486 g/mol. The number of thioether (sulfide) groups is 1. The van der Waals surface area contributed by atoms with Gasteiger partial charge in [0.15, 0.2) is 11.4 Å². The summed E-state index contributed by atoms with van der Waals surface area (Å²) in [5.41, 5.74) is 3.01. The number of allylic oxidation sites excluding steroid dienone is 2. The fourth-order valence-electron chi connectivity index (χ4n) is 3.51. The Kier molecular flexibility index (Phi) is 10.2. The van der Waals surface area contributed by atoms with E-state index in [0.717, 1.165) is 0 Å². The number of carbonyl (C=O) groups is 2. The first-order valence-electron chi connectivity index (χ1n) is 10.7. The summed E-state index contributed by atoms with van der Waals surface area (Å²) in [5, 5.41) is 15.0. The fraction of sp³-hybridized carbons (Fsp3) is 0.417. The summed E-state index contributed by atoms with van der Waals surface area (Å²) in [7, 11) is 1.52. The normalized spacial score (nSPS) is 16.2. The number of nitriles is 1. The van der Waals surface area contributed by atoms with Crippen LogP contribution in [0, 0.1) is 11.5 Å². The molecule has 1 heterocycles. The van der Waals surface area contributed by atoms with Crippen molar-refractivity contribution < 1.29 is 23.8 Å². The summed E-state index contributed by atoms with van der Waals surface area (Å²) >= 11 is 1.29. The average Bonchev–Trinajstić information content (AvgIpc) is 2.77. The molecular weight excluding hydrogens is 456 g/mol. The van der Waals surface area contributed by atoms with Gasteiger partial charge in [-0.2, -0.15) is 5.26 Å². The number of nitrogens with zero attached hydrogens (tertiary/aromatic N) is 2. The molecule has 1 aliphatic heterocycles. The number of rotatable bonds is 8. The Bertz CT molecular complexity index is 1060. The summed E-state index contributed by atoms with van der Waals surface area (Å²) in [4.78, 5) is 30.7. The van der Waals surface area contributed by atoms with Gasteiger partial charge in [0.1, 0.15) is 6.61 Å². The van der Waals surface area contributed by atoms with E-state index in [1.807, 2.05) is 12.3 Å². The van der Waals surface area contributed by atoms with E-state index in [2.05, 4.69) is 15.6 Å². The van der Waals surface area contributed by atoms with Gasteiger partial charge in [-0.1, -0.05) is 23.9 Å². The first-order valence-corrected chi connectivity index (χ1v) is 11.9. The van der Waals surface area contributed by atoms with Gasteiger partial charge in [0.2, 0.25) is 0 Å². The van der Waals surface area contributed by atoms with Crippen molar-refractivity contribution in [3.8, 4) is 6.19 Å². The summed E-state index contributed by atoms with van der Waals surface area (Å²) < 4.78 is 15.9. The number of methoxy groups -OCH3 is 1. The van der Waals surface area contributed by atoms with E-state index in [9.17, 15) is 9.59 Å². The van der Waals surface area contributed by atoms with Crippen LogP contribution in [0.3, 0.4) is 0 Å². The lowest BCUT2D eigenvalue weighted by Gasteiger charge is -2.31. The van der Waals surface area contributed by atoms with Gasteiger partial charge in [-0.3, -0.25) is 5.32 Å². The van der Waals surface area contributed by atoms with Crippen molar-refractivity contribution in [2.45, 2.75) is 39.7 Å². The van der Waals surface area contributed by atoms with Crippen LogP contribution in [0.5, 0.6) is 0 Å². The number of amidine groups is 1. The molecule has 34 heavy (non-hydrogen) atoms. The second-order valence-electron chi connectivity index (χ2n) is 7.67. The lowest BCUT2D eigenvalue weighted by atomic mass is 9.80. The predicted octanol–water partition coefficient (Wildman–Crippen LogP) is 3.48. The number of dihydropyridines is 1. The first-order chi connectivity index (χ1) is 16.2. The highest BCUT2D eigenvalue weighted by Gasteiger charge is 2.38. The van der Waals surface area contributed by atoms with Gasteiger partial charge >= 0.3 is 11.9 Å². The van der Waals surface area contributed by atoms with Gasteiger partial charge in [-0.05, 0) is 51.6 Å². The molecule has 0 spiro atoms. The zero-order valence-corrected chi connectivity index (χ0v) is 21.0. The van der Waals surface area contributed by atoms with E-state index in [0.29, 0.717) is 39.0 Å². The molecular formula is C24H30N4O5S. The second-order valence-corrected chi connectivity index (χ2v) is 8.47. The standard InChI is InChI=1S/C24H30N4O5S/c1-14(2)33-23(30)20-16(4)27-15(3)19(22(29)32-11-10-31-5)21(20)17-8-7-9-18(12-17)28-24(34-6)26-13-25/h7-9,12,14,21,27H,10-11H2,1-6H3,(H,26,28). The molecule has 9 nitrogen and oxygen atoms in total. The number of nitrogens with one attached hydrogen (secondary N) is 2. The summed E-state index contributed by atoms with van der Waals surface area (Å²) in [5.74, 6) is -1.82. The molecule has 0 amide bonds. The molecule has 1 aliphatic rings. The van der Waals surface area contributed by atoms with Crippen LogP contribution in [0.4, 0.5) is 5.69 Å². The molecule has 0 aromatic heterocycles. The molecule has 1 atom stereocenters. The van der Waals surface area contributed by atoms with Crippen molar-refractivity contribution in [2.24, 2.45) is 4.99 Å². The van der Waals surface area contributed by atoms with Crippen molar-refractivity contribution in [3.63, 3.8) is 0 Å². The minimum atomic E-state index is -0.737. The molecule has 182 valence electrons. The third-order valence-corrected chi connectivity index (χ3v) is 5.43. The van der Waals surface area contributed by atoms with E-state index in [1.54, 1.807) is 52.1 Å². The number of benzene rings is 1. The van der Waals surface area contributed by atoms with Gasteiger partial charge in [0.05, 0.1) is 35.5 Å². The first kappa shape index (κ1) is 27.0. The van der Waals surface area contributed by atoms with Crippen molar-refractivity contribution >= 4 is 34.6 Å². The highest BCUT2D eigenvalue weighted by atomic mass is 32.2. The Hall–Kier alpha value is -3.29. The summed E-state index contributed by atoms with van der Waals surface area (Å²) in [6, 6.07) is 7.15. The second kappa shape index (κ2) is 12.8. The van der Waals surface area contributed by atoms with Crippen molar-refractivity contribution in [1.29, 1.82) is 5.26 Å². The maximum atomic E-state index is 13.1. The molecule has 0 bridgehead atoms. The third kappa shape index (κ3) is 6.85. The Labute approximate surface area is 204 Å². The average molecular weight is 487 g/mol. The van der Waals surface area contributed by atoms with E-state index >= 15 is 0 Å². The molecule has 1 aromatic rings. The van der Waals surface area contributed by atoms with Gasteiger partial charge in [0.25, 0.3) is 0 Å². The van der Waals surface area contributed by atoms with Gasteiger partial charge in [-0.25, -0.2) is 14.6 Å². The Balaban J connectivity index is 2.62. The summed E-state index contributed by atoms with van der Waals surface area (Å²) in [6.45, 7) is 7.39. The van der Waals surface area contributed by atoms with Crippen molar-refractivity contribution in [3.05, 3.63) is 52.4 Å². The van der Waals surface area contributed by atoms with Crippen LogP contribution >= 0.6 is 11.8 Å². The molecule has 2 rings (SSSR count). The lowest BCUT2D eigenvalue weighted by molar-refractivity contribution is -0.143. The maximum absolute atomic E-state index is 13.1. The molecule has 0 saturated carbocycles. The van der Waals surface area contributed by atoms with Crippen LogP contribution in [0.2, 0.25) is 0 Å². The van der Waals surface area contributed by atoms with Crippen LogP contribution in [-0.2, 0) is 23.8 Å². The molecule has 1 aromatic carbocycles. The summed E-state index contributed by atoms with van der Waals surface area (Å²) in [6.07, 6.45) is 3.32. The number of hydrogen-bond acceptors (Lipinski definition) is 9. The molecule has 0 aliphatic carbocycles. The Morgan fingerprint density at radius 2 is 1.88 bits per heavy atom. The largest absolute Gasteiger partial charge is 0.460 e. The van der Waals surface area contributed by atoms with Crippen LogP contribution in [0.25, 0.3) is 0 Å². The minimum Gasteiger partial charge on any atom is -0.460 e. The maximum Gasteiger partial charge on any atom is 0.337 e. The highest BCUT2D eigenvalue weighted by Crippen LogP contribution is 2.40. The molecule has 1 unspecified atom stereocenters. The van der Waals surface area contributed by atoms with Crippen LogP contribution in [0.1, 0.15) is 39.2 Å². The van der Waals surface area contributed by atoms with Gasteiger partial charge in [0, 0.05) is 18.5 Å². The number of ether oxygens (including phenoxy) is 3. The SMILES string of the molecule is COCCOC(=O)C1=C(C)NC(C)=C(C(=O)OC(C)C)C1c1cccc(N=C(NC#N)SC)c1. The number of hydrogen-bond donors (Lipinski definition) is 2. The topological polar surface area (TPSA) is 122 Å². The number of aliphatic imine (C=N–C) groups is 1. The van der Waals surface area contributed by atoms with Gasteiger partial charge in [-0.15, -0.1) is 0 Å². The Morgan fingerprint density at radius 1 is 1.21 bits per heavy atom. The minimum absolute atomic E-state index is 0.0779. The van der Waals surface area contributed by atoms with Crippen LogP contribution in [0.15, 0.2) is 51.8 Å². The number of esters is 2. The highest BCUT2D eigenvalue weighted by molar-refractivity contribution is 8.13. The number of carbonyl (C=O) groups excluding carboxylic acids is 2. The zero-order chi connectivity index (χ0) is 25.3. The van der Waals surface area contributed by atoms with Crippen molar-refractivity contribution in [1.82, 2.24) is 10.6 Å². The van der Waals surface area contributed by atoms with Crippen LogP contribution in [-0.4, -0.2) is 49.8 Å². The predicted molar refractivity (Wildman–Crippen MR) is 131 cm³/mol. The fourth-order valence-corrected chi connectivity index (χ4v) is 3.85. The Morgan fingerprint density at radius 3 is 2.47 bits per heavy atom. The zero-order valence-electron chi connectivity index (χ0n) is 20.2. The molecule has 0 fully saturated rings. The molecule has 10 heteroatoms. The molecule has 0 saturated heterocycles. The van der Waals surface area contributed by atoms with E-state index in [4.69, 9.17) is 19.5 Å². The third-order valence-electron chi connectivity index (χ3n) is 4.85. The van der Waals surface area contributed by atoms with E-state index in [1.165, 1.54) is 18.9 Å². The van der Waals surface area contributed by atoms with Gasteiger partial charge < -0.3 is 19.5 Å². The van der Waals surface area contributed by atoms with Crippen molar-refractivity contribution in [2.75, 3.05) is 26.6 Å². The molecule has 0 radical (unpaired) electrons. The lowest BCUT2D eigenvalue weighted by Crippen LogP contribution is -2.33. The van der Waals surface area contributed by atoms with E-state index < -0.39 is 17.9 Å².